The lowest BCUT2D eigenvalue weighted by Crippen LogP contribution is -2.46. The van der Waals surface area contributed by atoms with Crippen molar-refractivity contribution in [3.05, 3.63) is 11.8 Å². The van der Waals surface area contributed by atoms with E-state index in [-0.39, 0.29) is 11.2 Å². The van der Waals surface area contributed by atoms with Gasteiger partial charge in [-0.15, -0.1) is 0 Å². The summed E-state index contributed by atoms with van der Waals surface area (Å²) in [5, 5.41) is 3.34. The topological polar surface area (TPSA) is 38.3 Å². The van der Waals surface area contributed by atoms with E-state index in [9.17, 15) is 4.79 Å². The first kappa shape index (κ1) is 11.6. The van der Waals surface area contributed by atoms with E-state index in [4.69, 9.17) is 4.74 Å². The number of carbonyl (C=O) groups excluding carboxylic acids is 1. The molecule has 0 aliphatic carbocycles. The van der Waals surface area contributed by atoms with Crippen LogP contribution in [0.25, 0.3) is 0 Å². The largest absolute Gasteiger partial charge is 0.490 e. The molecule has 0 amide bonds. The minimum Gasteiger partial charge on any atom is -0.490 e. The minimum absolute atomic E-state index is 0.207. The maximum atomic E-state index is 12.5. The van der Waals surface area contributed by atoms with Gasteiger partial charge < -0.3 is 10.1 Å². The molecule has 3 nitrogen and oxygen atoms in total. The van der Waals surface area contributed by atoms with Crippen LogP contribution in [0.4, 0.5) is 0 Å². The molecule has 2 heterocycles. The Labute approximate surface area is 97.2 Å². The second-order valence-electron chi connectivity index (χ2n) is 4.80. The highest BCUT2D eigenvalue weighted by atomic mass is 16.5. The molecule has 1 unspecified atom stereocenters. The lowest BCUT2D eigenvalue weighted by Gasteiger charge is -2.36. The van der Waals surface area contributed by atoms with Gasteiger partial charge in [0.15, 0.2) is 5.76 Å². The number of rotatable bonds is 3. The average molecular weight is 223 g/mol. The maximum absolute atomic E-state index is 12.5. The number of Topliss-reactive ketones (excluding diaryl/α,β-unsaturated/α-hetero) is 1. The Kier molecular flexibility index (Phi) is 3.64. The quantitative estimate of drug-likeness (QED) is 0.795. The number of nitrogens with one attached hydrogen (secondary N) is 1. The zero-order valence-electron chi connectivity index (χ0n) is 10.1. The highest BCUT2D eigenvalue weighted by Gasteiger charge is 2.40. The Morgan fingerprint density at radius 3 is 3.00 bits per heavy atom. The molecule has 3 heteroatoms. The number of allylic oxidation sites excluding steroid dienone is 2. The second kappa shape index (κ2) is 5.00. The van der Waals surface area contributed by atoms with Crippen molar-refractivity contribution >= 4 is 5.78 Å². The van der Waals surface area contributed by atoms with Gasteiger partial charge in [0.2, 0.25) is 5.78 Å². The third-order valence-electron chi connectivity index (χ3n) is 3.79. The molecular weight excluding hydrogens is 202 g/mol. The third kappa shape index (κ3) is 2.14. The first-order chi connectivity index (χ1) is 7.78. The maximum Gasteiger partial charge on any atom is 0.204 e. The molecule has 0 aromatic heterocycles. The highest BCUT2D eigenvalue weighted by molar-refractivity contribution is 5.98. The Morgan fingerprint density at radius 1 is 1.56 bits per heavy atom. The molecule has 1 atom stereocenters. The molecule has 2 aliphatic heterocycles. The van der Waals surface area contributed by atoms with Gasteiger partial charge >= 0.3 is 0 Å². The van der Waals surface area contributed by atoms with Crippen LogP contribution < -0.4 is 5.32 Å². The van der Waals surface area contributed by atoms with E-state index >= 15 is 0 Å². The Bertz CT molecular complexity index is 290. The van der Waals surface area contributed by atoms with Crippen molar-refractivity contribution in [2.24, 2.45) is 5.41 Å². The van der Waals surface area contributed by atoms with Gasteiger partial charge in [0.1, 0.15) is 0 Å². The van der Waals surface area contributed by atoms with Crippen molar-refractivity contribution in [1.82, 2.24) is 5.32 Å². The molecule has 0 bridgehead atoms. The summed E-state index contributed by atoms with van der Waals surface area (Å²) in [4.78, 5) is 12.5. The molecule has 1 N–H and O–H groups in total. The lowest BCUT2D eigenvalue weighted by atomic mass is 9.74. The molecule has 0 saturated carbocycles. The Morgan fingerprint density at radius 2 is 2.44 bits per heavy atom. The summed E-state index contributed by atoms with van der Waals surface area (Å²) in [6.07, 6.45) is 6.97. The van der Waals surface area contributed by atoms with Gasteiger partial charge in [-0.05, 0) is 44.7 Å². The van der Waals surface area contributed by atoms with Crippen LogP contribution in [0, 0.1) is 5.41 Å². The molecule has 0 radical (unpaired) electrons. The number of carbonyl (C=O) groups is 1. The van der Waals surface area contributed by atoms with E-state index in [0.29, 0.717) is 12.4 Å². The summed E-state index contributed by atoms with van der Waals surface area (Å²) in [5.74, 6) is 0.846. The molecule has 16 heavy (non-hydrogen) atoms. The molecule has 0 spiro atoms. The Hall–Kier alpha value is -0.830. The standard InChI is InChI=1S/C13H21NO2/c1-2-13(7-5-8-14-10-13)12(15)11-6-3-4-9-16-11/h6,14H,2-5,7-10H2,1H3. The number of hydrogen-bond acceptors (Lipinski definition) is 3. The zero-order valence-corrected chi connectivity index (χ0v) is 10.1. The van der Waals surface area contributed by atoms with Gasteiger partial charge in [-0.25, -0.2) is 0 Å². The van der Waals surface area contributed by atoms with Gasteiger partial charge in [-0.1, -0.05) is 6.92 Å². The molecule has 1 saturated heterocycles. The van der Waals surface area contributed by atoms with E-state index < -0.39 is 0 Å². The lowest BCUT2D eigenvalue weighted by molar-refractivity contribution is -0.130. The molecule has 2 rings (SSSR count). The van der Waals surface area contributed by atoms with E-state index in [1.807, 2.05) is 6.08 Å². The van der Waals surface area contributed by atoms with Gasteiger partial charge in [0.25, 0.3) is 0 Å². The SMILES string of the molecule is CCC1(C(=O)C2=CCCCO2)CCCNC1. The van der Waals surface area contributed by atoms with Crippen molar-refractivity contribution in [2.75, 3.05) is 19.7 Å². The summed E-state index contributed by atoms with van der Waals surface area (Å²) in [7, 11) is 0. The van der Waals surface area contributed by atoms with Gasteiger partial charge in [0.05, 0.1) is 6.61 Å². The average Bonchev–Trinajstić information content (AvgIpc) is 2.39. The number of ether oxygens (including phenoxy) is 1. The van der Waals surface area contributed by atoms with Crippen molar-refractivity contribution < 1.29 is 9.53 Å². The summed E-state index contributed by atoms with van der Waals surface area (Å²) in [6.45, 7) is 4.65. The van der Waals surface area contributed by atoms with Crippen molar-refractivity contribution in [3.63, 3.8) is 0 Å². The fourth-order valence-electron chi connectivity index (χ4n) is 2.60. The number of piperidine rings is 1. The van der Waals surface area contributed by atoms with Crippen molar-refractivity contribution in [3.8, 4) is 0 Å². The molecule has 2 aliphatic rings. The molecule has 0 aromatic carbocycles. The smallest absolute Gasteiger partial charge is 0.204 e. The number of ketones is 1. The summed E-state index contributed by atoms with van der Waals surface area (Å²) in [5.41, 5.74) is -0.207. The van der Waals surface area contributed by atoms with Crippen LogP contribution in [0.3, 0.4) is 0 Å². The normalized spacial score (nSPS) is 30.4. The molecular formula is C13H21NO2. The Balaban J connectivity index is 2.13. The predicted molar refractivity (Wildman–Crippen MR) is 63.1 cm³/mol. The van der Waals surface area contributed by atoms with Crippen LogP contribution in [-0.2, 0) is 9.53 Å². The summed E-state index contributed by atoms with van der Waals surface area (Å²) >= 11 is 0. The van der Waals surface area contributed by atoms with Crippen LogP contribution in [0.15, 0.2) is 11.8 Å². The van der Waals surface area contributed by atoms with Crippen LogP contribution in [-0.4, -0.2) is 25.5 Å². The van der Waals surface area contributed by atoms with E-state index in [0.717, 1.165) is 45.2 Å². The van der Waals surface area contributed by atoms with Crippen LogP contribution in [0.5, 0.6) is 0 Å². The van der Waals surface area contributed by atoms with E-state index in [2.05, 4.69) is 12.2 Å². The molecule has 1 fully saturated rings. The third-order valence-corrected chi connectivity index (χ3v) is 3.79. The summed E-state index contributed by atoms with van der Waals surface area (Å²) in [6, 6.07) is 0. The van der Waals surface area contributed by atoms with Crippen molar-refractivity contribution in [1.29, 1.82) is 0 Å². The van der Waals surface area contributed by atoms with Crippen LogP contribution in [0.1, 0.15) is 39.0 Å². The van der Waals surface area contributed by atoms with Gasteiger partial charge in [-0.2, -0.15) is 0 Å². The van der Waals surface area contributed by atoms with Gasteiger partial charge in [0, 0.05) is 12.0 Å². The minimum atomic E-state index is -0.207. The van der Waals surface area contributed by atoms with Crippen molar-refractivity contribution in [2.45, 2.75) is 39.0 Å². The second-order valence-corrected chi connectivity index (χ2v) is 4.80. The first-order valence-corrected chi connectivity index (χ1v) is 6.37. The fraction of sp³-hybridized carbons (Fsp3) is 0.769. The highest BCUT2D eigenvalue weighted by Crippen LogP contribution is 2.34. The molecule has 90 valence electrons. The summed E-state index contributed by atoms with van der Waals surface area (Å²) < 4.78 is 5.50. The first-order valence-electron chi connectivity index (χ1n) is 6.37. The van der Waals surface area contributed by atoms with E-state index in [1.165, 1.54) is 0 Å². The molecule has 0 aromatic rings. The fourth-order valence-corrected chi connectivity index (χ4v) is 2.60. The van der Waals surface area contributed by atoms with Crippen LogP contribution >= 0.6 is 0 Å². The zero-order chi connectivity index (χ0) is 11.4. The number of hydrogen-bond donors (Lipinski definition) is 1. The predicted octanol–water partition coefficient (Wildman–Crippen LogP) is 2.03. The van der Waals surface area contributed by atoms with Crippen LogP contribution in [0.2, 0.25) is 0 Å². The monoisotopic (exact) mass is 223 g/mol. The van der Waals surface area contributed by atoms with E-state index in [1.54, 1.807) is 0 Å². The van der Waals surface area contributed by atoms with Gasteiger partial charge in [-0.3, -0.25) is 4.79 Å².